The van der Waals surface area contributed by atoms with Crippen molar-refractivity contribution in [2.45, 2.75) is 52.1 Å². The average Bonchev–Trinajstić information content (AvgIpc) is 2.79. The van der Waals surface area contributed by atoms with Gasteiger partial charge in [-0.3, -0.25) is 0 Å². The standard InChI is InChI=1S/C12H24N2/c1-9-7-10(9)14-8-11-12(2,3)5-4-6-13-11/h9-11,13-14H,4-8H2,1-3H3. The van der Waals surface area contributed by atoms with E-state index in [2.05, 4.69) is 31.4 Å². The molecule has 1 saturated heterocycles. The molecule has 0 spiro atoms. The van der Waals surface area contributed by atoms with Crippen molar-refractivity contribution in [2.24, 2.45) is 11.3 Å². The third-order valence-corrected chi connectivity index (χ3v) is 4.03. The van der Waals surface area contributed by atoms with Crippen LogP contribution < -0.4 is 10.6 Å². The quantitative estimate of drug-likeness (QED) is 0.719. The lowest BCUT2D eigenvalue weighted by atomic mass is 9.77. The molecule has 2 nitrogen and oxygen atoms in total. The predicted molar refractivity (Wildman–Crippen MR) is 60.4 cm³/mol. The highest BCUT2D eigenvalue weighted by Gasteiger charge is 2.36. The fraction of sp³-hybridized carbons (Fsp3) is 1.00. The topological polar surface area (TPSA) is 24.1 Å². The molecule has 0 aromatic carbocycles. The molecule has 3 unspecified atom stereocenters. The molecule has 2 N–H and O–H groups in total. The van der Waals surface area contributed by atoms with Crippen molar-refractivity contribution in [3.8, 4) is 0 Å². The van der Waals surface area contributed by atoms with Crippen molar-refractivity contribution >= 4 is 0 Å². The van der Waals surface area contributed by atoms with Gasteiger partial charge in [0.15, 0.2) is 0 Å². The smallest absolute Gasteiger partial charge is 0.0243 e. The number of piperidine rings is 1. The third-order valence-electron chi connectivity index (χ3n) is 4.03. The first kappa shape index (κ1) is 10.4. The lowest BCUT2D eigenvalue weighted by Gasteiger charge is -2.39. The Bertz CT molecular complexity index is 200. The van der Waals surface area contributed by atoms with E-state index in [9.17, 15) is 0 Å². The molecule has 2 rings (SSSR count). The van der Waals surface area contributed by atoms with Gasteiger partial charge in [-0.15, -0.1) is 0 Å². The molecule has 1 aliphatic heterocycles. The van der Waals surface area contributed by atoms with Gasteiger partial charge in [0, 0.05) is 18.6 Å². The predicted octanol–water partition coefficient (Wildman–Crippen LogP) is 1.76. The summed E-state index contributed by atoms with van der Waals surface area (Å²) in [5.41, 5.74) is 0.476. The van der Waals surface area contributed by atoms with Crippen molar-refractivity contribution in [2.75, 3.05) is 13.1 Å². The first-order valence-corrected chi connectivity index (χ1v) is 6.06. The zero-order valence-corrected chi connectivity index (χ0v) is 9.77. The lowest BCUT2D eigenvalue weighted by molar-refractivity contribution is 0.175. The van der Waals surface area contributed by atoms with Gasteiger partial charge in [-0.1, -0.05) is 20.8 Å². The molecule has 1 saturated carbocycles. The third kappa shape index (κ3) is 2.29. The van der Waals surface area contributed by atoms with Crippen LogP contribution in [-0.2, 0) is 0 Å². The summed E-state index contributed by atoms with van der Waals surface area (Å²) in [6.45, 7) is 9.47. The number of rotatable bonds is 3. The zero-order valence-electron chi connectivity index (χ0n) is 9.77. The minimum Gasteiger partial charge on any atom is -0.312 e. The van der Waals surface area contributed by atoms with E-state index in [-0.39, 0.29) is 0 Å². The van der Waals surface area contributed by atoms with Crippen LogP contribution in [0.2, 0.25) is 0 Å². The molecule has 0 amide bonds. The van der Waals surface area contributed by atoms with E-state index < -0.39 is 0 Å². The lowest BCUT2D eigenvalue weighted by Crippen LogP contribution is -2.52. The summed E-state index contributed by atoms with van der Waals surface area (Å²) in [7, 11) is 0. The monoisotopic (exact) mass is 196 g/mol. The van der Waals surface area contributed by atoms with Crippen LogP contribution >= 0.6 is 0 Å². The number of nitrogens with one attached hydrogen (secondary N) is 2. The maximum absolute atomic E-state index is 3.67. The van der Waals surface area contributed by atoms with Gasteiger partial charge in [0.2, 0.25) is 0 Å². The highest BCUT2D eigenvalue weighted by molar-refractivity contribution is 4.94. The van der Waals surface area contributed by atoms with Gasteiger partial charge in [-0.05, 0) is 37.1 Å². The first-order valence-electron chi connectivity index (χ1n) is 6.06. The maximum Gasteiger partial charge on any atom is 0.0243 e. The van der Waals surface area contributed by atoms with Crippen molar-refractivity contribution < 1.29 is 0 Å². The van der Waals surface area contributed by atoms with Gasteiger partial charge in [0.1, 0.15) is 0 Å². The van der Waals surface area contributed by atoms with Gasteiger partial charge < -0.3 is 10.6 Å². The molecule has 0 aromatic rings. The highest BCUT2D eigenvalue weighted by Crippen LogP contribution is 2.32. The SMILES string of the molecule is CC1CC1NCC1NCCCC1(C)C. The molecule has 14 heavy (non-hydrogen) atoms. The second kappa shape index (κ2) is 3.82. The minimum absolute atomic E-state index is 0.476. The summed E-state index contributed by atoms with van der Waals surface area (Å²) in [5.74, 6) is 0.918. The van der Waals surface area contributed by atoms with E-state index in [4.69, 9.17) is 0 Å². The van der Waals surface area contributed by atoms with Crippen molar-refractivity contribution in [3.05, 3.63) is 0 Å². The van der Waals surface area contributed by atoms with Gasteiger partial charge in [-0.25, -0.2) is 0 Å². The maximum atomic E-state index is 3.67. The molecule has 3 atom stereocenters. The average molecular weight is 196 g/mol. The van der Waals surface area contributed by atoms with Crippen LogP contribution in [0.5, 0.6) is 0 Å². The number of hydrogen-bond acceptors (Lipinski definition) is 2. The van der Waals surface area contributed by atoms with E-state index in [1.807, 2.05) is 0 Å². The van der Waals surface area contributed by atoms with Gasteiger partial charge in [0.25, 0.3) is 0 Å². The Balaban J connectivity index is 1.77. The highest BCUT2D eigenvalue weighted by atomic mass is 15.0. The van der Waals surface area contributed by atoms with Gasteiger partial charge in [-0.2, -0.15) is 0 Å². The Morgan fingerprint density at radius 1 is 1.43 bits per heavy atom. The molecule has 0 bridgehead atoms. The molecular formula is C12H24N2. The Hall–Kier alpha value is -0.0800. The Kier molecular flexibility index (Phi) is 2.85. The van der Waals surface area contributed by atoms with E-state index in [0.29, 0.717) is 11.5 Å². The summed E-state index contributed by atoms with van der Waals surface area (Å²) < 4.78 is 0. The number of hydrogen-bond donors (Lipinski definition) is 2. The van der Waals surface area contributed by atoms with Gasteiger partial charge >= 0.3 is 0 Å². The Labute approximate surface area is 87.8 Å². The fourth-order valence-corrected chi connectivity index (χ4v) is 2.50. The van der Waals surface area contributed by atoms with E-state index in [1.165, 1.54) is 25.8 Å². The van der Waals surface area contributed by atoms with Crippen LogP contribution in [-0.4, -0.2) is 25.2 Å². The van der Waals surface area contributed by atoms with E-state index in [1.54, 1.807) is 0 Å². The van der Waals surface area contributed by atoms with Crippen LogP contribution in [0.25, 0.3) is 0 Å². The molecule has 0 aromatic heterocycles. The molecule has 82 valence electrons. The molecule has 1 aliphatic carbocycles. The van der Waals surface area contributed by atoms with Crippen LogP contribution in [0.4, 0.5) is 0 Å². The molecular weight excluding hydrogens is 172 g/mol. The van der Waals surface area contributed by atoms with Crippen LogP contribution in [0.1, 0.15) is 40.0 Å². The first-order chi connectivity index (χ1) is 6.59. The second-order valence-electron chi connectivity index (χ2n) is 5.83. The second-order valence-corrected chi connectivity index (χ2v) is 5.83. The molecule has 2 fully saturated rings. The summed E-state index contributed by atoms with van der Waals surface area (Å²) in [4.78, 5) is 0. The van der Waals surface area contributed by atoms with Crippen molar-refractivity contribution in [3.63, 3.8) is 0 Å². The van der Waals surface area contributed by atoms with Crippen LogP contribution in [0.3, 0.4) is 0 Å². The normalized spacial score (nSPS) is 40.9. The van der Waals surface area contributed by atoms with E-state index >= 15 is 0 Å². The zero-order chi connectivity index (χ0) is 10.2. The Morgan fingerprint density at radius 3 is 2.71 bits per heavy atom. The molecule has 2 heteroatoms. The molecule has 0 radical (unpaired) electrons. The van der Waals surface area contributed by atoms with Crippen LogP contribution in [0.15, 0.2) is 0 Å². The fourth-order valence-electron chi connectivity index (χ4n) is 2.50. The largest absolute Gasteiger partial charge is 0.312 e. The Morgan fingerprint density at radius 2 is 2.14 bits per heavy atom. The summed E-state index contributed by atoms with van der Waals surface area (Å²) >= 11 is 0. The summed E-state index contributed by atoms with van der Waals surface area (Å²) in [6, 6.07) is 1.48. The van der Waals surface area contributed by atoms with Crippen molar-refractivity contribution in [1.82, 2.24) is 10.6 Å². The van der Waals surface area contributed by atoms with E-state index in [0.717, 1.165) is 18.5 Å². The van der Waals surface area contributed by atoms with Gasteiger partial charge in [0.05, 0.1) is 0 Å². The molecule has 2 aliphatic rings. The summed E-state index contributed by atoms with van der Waals surface area (Å²) in [5, 5.41) is 7.31. The molecule has 1 heterocycles. The van der Waals surface area contributed by atoms with Crippen molar-refractivity contribution in [1.29, 1.82) is 0 Å². The minimum atomic E-state index is 0.476. The summed E-state index contributed by atoms with van der Waals surface area (Å²) in [6.07, 6.45) is 4.09. The van der Waals surface area contributed by atoms with Crippen LogP contribution in [0, 0.1) is 11.3 Å².